The van der Waals surface area contributed by atoms with E-state index in [2.05, 4.69) is 10.4 Å². The van der Waals surface area contributed by atoms with Crippen molar-refractivity contribution < 1.29 is 9.59 Å². The van der Waals surface area contributed by atoms with Gasteiger partial charge >= 0.3 is 0 Å². The van der Waals surface area contributed by atoms with Gasteiger partial charge in [-0.15, -0.1) is 0 Å². The van der Waals surface area contributed by atoms with Crippen molar-refractivity contribution in [2.45, 2.75) is 13.8 Å². The summed E-state index contributed by atoms with van der Waals surface area (Å²) in [6, 6.07) is 16.9. The van der Waals surface area contributed by atoms with Gasteiger partial charge in [-0.1, -0.05) is 18.2 Å². The van der Waals surface area contributed by atoms with Gasteiger partial charge < -0.3 is 10.2 Å². The number of aryl methyl sites for hydroxylation is 2. The number of nitrogens with one attached hydrogen (secondary N) is 1. The highest BCUT2D eigenvalue weighted by Gasteiger charge is 2.20. The maximum atomic E-state index is 12.8. The van der Waals surface area contributed by atoms with Crippen molar-refractivity contribution in [1.29, 1.82) is 0 Å². The summed E-state index contributed by atoms with van der Waals surface area (Å²) in [6.07, 6.45) is 0. The van der Waals surface area contributed by atoms with Gasteiger partial charge in [0.2, 0.25) is 0 Å². The molecule has 4 rings (SSSR count). The molecule has 7 heteroatoms. The molecule has 6 nitrogen and oxygen atoms in total. The Bertz CT molecular complexity index is 1070. The third-order valence-electron chi connectivity index (χ3n) is 5.14. The van der Waals surface area contributed by atoms with Crippen LogP contribution in [0.3, 0.4) is 0 Å². The van der Waals surface area contributed by atoms with Crippen LogP contribution in [0.4, 0.5) is 5.69 Å². The topological polar surface area (TPSA) is 67.2 Å². The molecule has 0 aliphatic carbocycles. The zero-order chi connectivity index (χ0) is 21.1. The Morgan fingerprint density at radius 2 is 1.73 bits per heavy atom. The molecule has 0 bridgehead atoms. The molecule has 154 valence electrons. The molecule has 0 atom stereocenters. The van der Waals surface area contributed by atoms with Crippen LogP contribution >= 0.6 is 11.8 Å². The van der Waals surface area contributed by atoms with E-state index >= 15 is 0 Å². The number of amides is 2. The molecular weight excluding hydrogens is 396 g/mol. The average Bonchev–Trinajstić information content (AvgIpc) is 3.17. The number of carbonyl (C=O) groups excluding carboxylic acids is 2. The fraction of sp³-hybridized carbons (Fsp3) is 0.261. The third-order valence-corrected chi connectivity index (χ3v) is 6.08. The number of anilines is 1. The lowest BCUT2D eigenvalue weighted by Crippen LogP contribution is -2.37. The molecule has 1 N–H and O–H groups in total. The Hall–Kier alpha value is -3.06. The predicted octanol–water partition coefficient (Wildman–Crippen LogP) is 3.93. The van der Waals surface area contributed by atoms with Gasteiger partial charge in [0.25, 0.3) is 11.8 Å². The molecule has 0 spiro atoms. The number of rotatable bonds is 4. The quantitative estimate of drug-likeness (QED) is 0.694. The highest BCUT2D eigenvalue weighted by Crippen LogP contribution is 2.21. The number of aromatic nitrogens is 2. The van der Waals surface area contributed by atoms with Crippen molar-refractivity contribution in [1.82, 2.24) is 14.7 Å². The summed E-state index contributed by atoms with van der Waals surface area (Å²) < 4.78 is 1.75. The van der Waals surface area contributed by atoms with Crippen molar-refractivity contribution in [3.05, 3.63) is 77.1 Å². The first-order valence-electron chi connectivity index (χ1n) is 9.94. The van der Waals surface area contributed by atoms with Gasteiger partial charge in [-0.05, 0) is 55.8 Å². The van der Waals surface area contributed by atoms with Gasteiger partial charge in [-0.2, -0.15) is 16.9 Å². The number of thioether (sulfide) groups is 1. The second kappa shape index (κ2) is 8.75. The van der Waals surface area contributed by atoms with E-state index in [-0.39, 0.29) is 11.8 Å². The second-order valence-corrected chi connectivity index (χ2v) is 8.53. The van der Waals surface area contributed by atoms with E-state index in [9.17, 15) is 9.59 Å². The Morgan fingerprint density at radius 3 is 2.43 bits per heavy atom. The summed E-state index contributed by atoms with van der Waals surface area (Å²) in [5, 5.41) is 7.38. The van der Waals surface area contributed by atoms with Gasteiger partial charge in [-0.3, -0.25) is 9.59 Å². The summed E-state index contributed by atoms with van der Waals surface area (Å²) in [4.78, 5) is 27.4. The van der Waals surface area contributed by atoms with Crippen LogP contribution in [-0.2, 0) is 0 Å². The number of benzene rings is 2. The molecular formula is C23H24N4O2S. The highest BCUT2D eigenvalue weighted by molar-refractivity contribution is 7.99. The second-order valence-electron chi connectivity index (χ2n) is 7.31. The normalized spacial score (nSPS) is 13.9. The van der Waals surface area contributed by atoms with Crippen LogP contribution in [0.2, 0.25) is 0 Å². The minimum Gasteiger partial charge on any atom is -0.337 e. The van der Waals surface area contributed by atoms with Crippen LogP contribution in [0.15, 0.2) is 54.6 Å². The van der Waals surface area contributed by atoms with Crippen LogP contribution in [-0.4, -0.2) is 51.1 Å². The molecule has 1 saturated heterocycles. The van der Waals surface area contributed by atoms with E-state index < -0.39 is 0 Å². The van der Waals surface area contributed by atoms with Crippen molar-refractivity contribution in [3.63, 3.8) is 0 Å². The first kappa shape index (κ1) is 20.2. The maximum absolute atomic E-state index is 12.8. The number of carbonyl (C=O) groups is 2. The van der Waals surface area contributed by atoms with Gasteiger partial charge in [0.15, 0.2) is 5.69 Å². The molecule has 30 heavy (non-hydrogen) atoms. The first-order chi connectivity index (χ1) is 14.5. The molecule has 0 unspecified atom stereocenters. The van der Waals surface area contributed by atoms with Crippen LogP contribution in [0, 0.1) is 13.8 Å². The van der Waals surface area contributed by atoms with Crippen LogP contribution in [0.5, 0.6) is 0 Å². The highest BCUT2D eigenvalue weighted by atomic mass is 32.2. The minimum atomic E-state index is -0.275. The zero-order valence-electron chi connectivity index (χ0n) is 17.1. The van der Waals surface area contributed by atoms with Crippen molar-refractivity contribution in [3.8, 4) is 5.69 Å². The standard InChI is InChI=1S/C23H24N4O2S/c1-16-14-18(23(29)26-10-12-30-13-11-26)8-9-20(16)24-22(28)21-15-17(2)27(25-21)19-6-4-3-5-7-19/h3-9,14-15H,10-13H2,1-2H3,(H,24,28). The Morgan fingerprint density at radius 1 is 1.00 bits per heavy atom. The van der Waals surface area contributed by atoms with E-state index in [1.165, 1.54) is 0 Å². The summed E-state index contributed by atoms with van der Waals surface area (Å²) in [7, 11) is 0. The van der Waals surface area contributed by atoms with Crippen molar-refractivity contribution in [2.75, 3.05) is 29.9 Å². The Labute approximate surface area is 180 Å². The molecule has 1 fully saturated rings. The lowest BCUT2D eigenvalue weighted by Gasteiger charge is -2.26. The lowest BCUT2D eigenvalue weighted by atomic mass is 10.1. The molecule has 1 aliphatic heterocycles. The lowest BCUT2D eigenvalue weighted by molar-refractivity contribution is 0.0772. The van der Waals surface area contributed by atoms with E-state index in [0.717, 1.165) is 41.5 Å². The Kier molecular flexibility index (Phi) is 5.90. The van der Waals surface area contributed by atoms with Gasteiger partial charge in [0.1, 0.15) is 0 Å². The monoisotopic (exact) mass is 420 g/mol. The first-order valence-corrected chi connectivity index (χ1v) is 11.1. The summed E-state index contributed by atoms with van der Waals surface area (Å²) in [5.74, 6) is 1.73. The molecule has 2 heterocycles. The molecule has 1 aliphatic rings. The van der Waals surface area contributed by atoms with Crippen molar-refractivity contribution in [2.24, 2.45) is 0 Å². The molecule has 0 saturated carbocycles. The fourth-order valence-electron chi connectivity index (χ4n) is 3.49. The minimum absolute atomic E-state index is 0.0495. The summed E-state index contributed by atoms with van der Waals surface area (Å²) in [5.41, 5.74) is 4.31. The third kappa shape index (κ3) is 4.26. The summed E-state index contributed by atoms with van der Waals surface area (Å²) in [6.45, 7) is 5.38. The largest absolute Gasteiger partial charge is 0.337 e. The van der Waals surface area contributed by atoms with Gasteiger partial charge in [0, 0.05) is 41.5 Å². The fourth-order valence-corrected chi connectivity index (χ4v) is 4.39. The van der Waals surface area contributed by atoms with Crippen LogP contribution in [0.1, 0.15) is 32.1 Å². The SMILES string of the molecule is Cc1cc(C(=O)N2CCSCC2)ccc1NC(=O)c1cc(C)n(-c2ccccc2)n1. The van der Waals surface area contributed by atoms with Gasteiger partial charge in [-0.25, -0.2) is 4.68 Å². The van der Waals surface area contributed by atoms with E-state index in [0.29, 0.717) is 16.9 Å². The molecule has 1 aromatic heterocycles. The van der Waals surface area contributed by atoms with E-state index in [4.69, 9.17) is 0 Å². The predicted molar refractivity (Wildman–Crippen MR) is 121 cm³/mol. The van der Waals surface area contributed by atoms with Gasteiger partial charge in [0.05, 0.1) is 5.69 Å². The van der Waals surface area contributed by atoms with Crippen LogP contribution in [0.25, 0.3) is 5.69 Å². The van der Waals surface area contributed by atoms with E-state index in [1.54, 1.807) is 22.9 Å². The van der Waals surface area contributed by atoms with E-state index in [1.807, 2.05) is 66.9 Å². The zero-order valence-corrected chi connectivity index (χ0v) is 17.9. The molecule has 3 aromatic rings. The molecule has 2 amide bonds. The number of hydrogen-bond donors (Lipinski definition) is 1. The maximum Gasteiger partial charge on any atom is 0.276 e. The molecule has 0 radical (unpaired) electrons. The smallest absolute Gasteiger partial charge is 0.276 e. The van der Waals surface area contributed by atoms with Crippen molar-refractivity contribution >= 4 is 29.3 Å². The Balaban J connectivity index is 1.49. The molecule has 2 aromatic carbocycles. The summed E-state index contributed by atoms with van der Waals surface area (Å²) >= 11 is 1.87. The average molecular weight is 421 g/mol. The number of hydrogen-bond acceptors (Lipinski definition) is 4. The number of para-hydroxylation sites is 1. The number of nitrogens with zero attached hydrogens (tertiary/aromatic N) is 3. The van der Waals surface area contributed by atoms with Crippen LogP contribution < -0.4 is 5.32 Å².